The van der Waals surface area contributed by atoms with E-state index < -0.39 is 5.41 Å². The van der Waals surface area contributed by atoms with Gasteiger partial charge in [0.05, 0.1) is 16.9 Å². The van der Waals surface area contributed by atoms with Crippen molar-refractivity contribution >= 4 is 23.1 Å². The molecule has 1 amide bonds. The second-order valence-electron chi connectivity index (χ2n) is 4.57. The van der Waals surface area contributed by atoms with Gasteiger partial charge in [-0.2, -0.15) is 5.10 Å². The van der Waals surface area contributed by atoms with Gasteiger partial charge in [-0.1, -0.05) is 19.1 Å². The number of aromatic amines is 1. The standard InChI is InChI=1S/C10H15N5OS/c1-6-2-10(3-6,8(11)17)9(16)12-4-7-13-5-14-15-7/h5-6H,2-4H2,1H3,(H2,11,17)(H,12,16)(H,13,14,15). The molecule has 17 heavy (non-hydrogen) atoms. The predicted octanol–water partition coefficient (Wildman–Crippen LogP) is 0.123. The van der Waals surface area contributed by atoms with Crippen LogP contribution in [0.5, 0.6) is 0 Å². The van der Waals surface area contributed by atoms with Crippen LogP contribution in [0.3, 0.4) is 0 Å². The average molecular weight is 253 g/mol. The highest BCUT2D eigenvalue weighted by molar-refractivity contribution is 7.80. The van der Waals surface area contributed by atoms with E-state index >= 15 is 0 Å². The zero-order chi connectivity index (χ0) is 12.5. The summed E-state index contributed by atoms with van der Waals surface area (Å²) in [5.74, 6) is 0.996. The van der Waals surface area contributed by atoms with Gasteiger partial charge < -0.3 is 11.1 Å². The molecule has 7 heteroatoms. The Balaban J connectivity index is 1.96. The Morgan fingerprint density at radius 2 is 2.47 bits per heavy atom. The van der Waals surface area contributed by atoms with Crippen molar-refractivity contribution in [2.24, 2.45) is 17.1 Å². The number of amides is 1. The Labute approximate surface area is 104 Å². The topological polar surface area (TPSA) is 96.7 Å². The molecule has 0 aliphatic heterocycles. The lowest BCUT2D eigenvalue weighted by atomic mass is 9.62. The molecule has 1 heterocycles. The Morgan fingerprint density at radius 3 is 2.94 bits per heavy atom. The summed E-state index contributed by atoms with van der Waals surface area (Å²) in [7, 11) is 0. The first-order valence-electron chi connectivity index (χ1n) is 5.47. The van der Waals surface area contributed by atoms with E-state index in [0.29, 0.717) is 18.3 Å². The Hall–Kier alpha value is -1.50. The number of hydrogen-bond donors (Lipinski definition) is 3. The third-order valence-electron chi connectivity index (χ3n) is 3.18. The number of carbonyl (C=O) groups excluding carboxylic acids is 1. The van der Waals surface area contributed by atoms with Gasteiger partial charge in [0.15, 0.2) is 0 Å². The normalized spacial score (nSPS) is 27.2. The van der Waals surface area contributed by atoms with Crippen LogP contribution in [0.15, 0.2) is 6.33 Å². The van der Waals surface area contributed by atoms with E-state index in [9.17, 15) is 4.79 Å². The predicted molar refractivity (Wildman–Crippen MR) is 65.8 cm³/mol. The van der Waals surface area contributed by atoms with E-state index in [-0.39, 0.29) is 10.9 Å². The van der Waals surface area contributed by atoms with E-state index in [2.05, 4.69) is 27.4 Å². The summed E-state index contributed by atoms with van der Waals surface area (Å²) < 4.78 is 0. The molecule has 0 saturated heterocycles. The maximum Gasteiger partial charge on any atom is 0.233 e. The molecule has 1 fully saturated rings. The summed E-state index contributed by atoms with van der Waals surface area (Å²) in [5.41, 5.74) is 5.02. The van der Waals surface area contributed by atoms with E-state index in [1.54, 1.807) is 0 Å². The number of carbonyl (C=O) groups is 1. The summed E-state index contributed by atoms with van der Waals surface area (Å²) in [6.07, 6.45) is 2.85. The van der Waals surface area contributed by atoms with Crippen molar-refractivity contribution in [1.82, 2.24) is 20.5 Å². The average Bonchev–Trinajstić information content (AvgIpc) is 2.73. The van der Waals surface area contributed by atoms with Crippen LogP contribution in [0.25, 0.3) is 0 Å². The van der Waals surface area contributed by atoms with Crippen molar-refractivity contribution in [2.75, 3.05) is 0 Å². The van der Waals surface area contributed by atoms with Gasteiger partial charge in [0.1, 0.15) is 12.2 Å². The van der Waals surface area contributed by atoms with Crippen molar-refractivity contribution in [3.8, 4) is 0 Å². The first-order valence-corrected chi connectivity index (χ1v) is 5.88. The monoisotopic (exact) mass is 253 g/mol. The van der Waals surface area contributed by atoms with Crippen LogP contribution in [0.1, 0.15) is 25.6 Å². The summed E-state index contributed by atoms with van der Waals surface area (Å²) in [6, 6.07) is 0. The molecule has 1 aliphatic carbocycles. The lowest BCUT2D eigenvalue weighted by molar-refractivity contribution is -0.133. The third kappa shape index (κ3) is 2.14. The number of hydrogen-bond acceptors (Lipinski definition) is 4. The van der Waals surface area contributed by atoms with E-state index in [0.717, 1.165) is 12.8 Å². The van der Waals surface area contributed by atoms with Gasteiger partial charge in [-0.3, -0.25) is 9.89 Å². The SMILES string of the molecule is CC1CC(C(=O)NCc2ncn[nH]2)(C(N)=S)C1. The first-order chi connectivity index (χ1) is 8.04. The van der Waals surface area contributed by atoms with Crippen molar-refractivity contribution in [1.29, 1.82) is 0 Å². The highest BCUT2D eigenvalue weighted by atomic mass is 32.1. The molecule has 1 aromatic rings. The molecule has 1 aromatic heterocycles. The third-order valence-corrected chi connectivity index (χ3v) is 3.57. The van der Waals surface area contributed by atoms with Crippen LogP contribution < -0.4 is 11.1 Å². The summed E-state index contributed by atoms with van der Waals surface area (Å²) in [5, 5.41) is 9.17. The lowest BCUT2D eigenvalue weighted by Gasteiger charge is -2.44. The summed E-state index contributed by atoms with van der Waals surface area (Å²) in [4.78, 5) is 16.3. The van der Waals surface area contributed by atoms with Gasteiger partial charge >= 0.3 is 0 Å². The molecule has 0 spiro atoms. The number of thiocarbonyl (C=S) groups is 1. The maximum atomic E-state index is 12.1. The molecular formula is C10H15N5OS. The lowest BCUT2D eigenvalue weighted by Crippen LogP contribution is -2.55. The molecule has 0 aromatic carbocycles. The molecule has 92 valence electrons. The molecule has 4 N–H and O–H groups in total. The van der Waals surface area contributed by atoms with E-state index in [1.165, 1.54) is 6.33 Å². The minimum absolute atomic E-state index is 0.112. The molecule has 6 nitrogen and oxygen atoms in total. The quantitative estimate of drug-likeness (QED) is 0.662. The van der Waals surface area contributed by atoms with Crippen molar-refractivity contribution in [3.63, 3.8) is 0 Å². The zero-order valence-corrected chi connectivity index (χ0v) is 10.4. The molecule has 2 rings (SSSR count). The largest absolute Gasteiger partial charge is 0.392 e. The van der Waals surface area contributed by atoms with E-state index in [4.69, 9.17) is 18.0 Å². The van der Waals surface area contributed by atoms with Crippen LogP contribution in [-0.4, -0.2) is 26.1 Å². The highest BCUT2D eigenvalue weighted by Crippen LogP contribution is 2.45. The number of nitrogens with two attached hydrogens (primary N) is 1. The van der Waals surface area contributed by atoms with Crippen molar-refractivity contribution < 1.29 is 4.79 Å². The van der Waals surface area contributed by atoms with Crippen LogP contribution in [0, 0.1) is 11.3 Å². The van der Waals surface area contributed by atoms with Gasteiger partial charge in [0, 0.05) is 0 Å². The van der Waals surface area contributed by atoms with Crippen molar-refractivity contribution in [3.05, 3.63) is 12.2 Å². The number of rotatable bonds is 4. The smallest absolute Gasteiger partial charge is 0.233 e. The van der Waals surface area contributed by atoms with Crippen LogP contribution in [-0.2, 0) is 11.3 Å². The second kappa shape index (κ2) is 4.40. The molecule has 0 bridgehead atoms. The van der Waals surface area contributed by atoms with Crippen molar-refractivity contribution in [2.45, 2.75) is 26.3 Å². The fraction of sp³-hybridized carbons (Fsp3) is 0.600. The summed E-state index contributed by atoms with van der Waals surface area (Å²) in [6.45, 7) is 2.40. The Bertz CT molecular complexity index is 424. The summed E-state index contributed by atoms with van der Waals surface area (Å²) >= 11 is 5.01. The second-order valence-corrected chi connectivity index (χ2v) is 5.01. The van der Waals surface area contributed by atoms with E-state index in [1.807, 2.05) is 0 Å². The van der Waals surface area contributed by atoms with Gasteiger partial charge in [0.2, 0.25) is 5.91 Å². The van der Waals surface area contributed by atoms with Gasteiger partial charge in [-0.05, 0) is 18.8 Å². The van der Waals surface area contributed by atoms with Crippen LogP contribution in [0.4, 0.5) is 0 Å². The molecule has 0 atom stereocenters. The maximum absolute atomic E-state index is 12.1. The zero-order valence-electron chi connectivity index (χ0n) is 9.56. The highest BCUT2D eigenvalue weighted by Gasteiger charge is 2.50. The molecular weight excluding hydrogens is 238 g/mol. The first kappa shape index (κ1) is 12.0. The van der Waals surface area contributed by atoms with Crippen LogP contribution in [0.2, 0.25) is 0 Å². The fourth-order valence-electron chi connectivity index (χ4n) is 2.28. The fourth-order valence-corrected chi connectivity index (χ4v) is 2.54. The van der Waals surface area contributed by atoms with Crippen LogP contribution >= 0.6 is 12.2 Å². The minimum Gasteiger partial charge on any atom is -0.392 e. The Morgan fingerprint density at radius 1 is 1.76 bits per heavy atom. The van der Waals surface area contributed by atoms with Gasteiger partial charge in [-0.25, -0.2) is 4.98 Å². The number of nitrogens with one attached hydrogen (secondary N) is 2. The minimum atomic E-state index is -0.658. The number of aromatic nitrogens is 3. The van der Waals surface area contributed by atoms with Gasteiger partial charge in [-0.15, -0.1) is 0 Å². The van der Waals surface area contributed by atoms with Gasteiger partial charge in [0.25, 0.3) is 0 Å². The molecule has 0 unspecified atom stereocenters. The molecule has 1 aliphatic rings. The number of H-pyrrole nitrogens is 1. The number of nitrogens with zero attached hydrogens (tertiary/aromatic N) is 2. The molecule has 1 saturated carbocycles. The molecule has 0 radical (unpaired) electrons. The Kier molecular flexibility index (Phi) is 3.10.